The molecule has 0 unspecified atom stereocenters. The first-order chi connectivity index (χ1) is 19.1. The summed E-state index contributed by atoms with van der Waals surface area (Å²) < 4.78 is 51.0. The minimum absolute atomic E-state index is 0.00874. The van der Waals surface area contributed by atoms with E-state index in [2.05, 4.69) is 0 Å². The van der Waals surface area contributed by atoms with Crippen LogP contribution in [0.2, 0.25) is 0 Å². The summed E-state index contributed by atoms with van der Waals surface area (Å²) in [5, 5.41) is 22.1. The molecule has 0 spiro atoms. The first-order valence-corrected chi connectivity index (χ1v) is 15.0. The van der Waals surface area contributed by atoms with E-state index in [0.717, 1.165) is 5.56 Å². The third kappa shape index (κ3) is 5.91. The number of aliphatic hydroxyl groups excluding tert-OH is 1. The fraction of sp³-hybridized carbons (Fsp3) is 0.536. The van der Waals surface area contributed by atoms with Crippen LogP contribution in [0.25, 0.3) is 0 Å². The van der Waals surface area contributed by atoms with E-state index in [-0.39, 0.29) is 49.6 Å². The first kappa shape index (κ1) is 28.6. The summed E-state index contributed by atoms with van der Waals surface area (Å²) in [4.78, 5) is 14.0. The lowest BCUT2D eigenvalue weighted by Crippen LogP contribution is -2.57. The standard InChI is InChI=1S/C28H36N2O9S/c1-18(2)14-29(40(34,35)20-8-9-25-26(13-20)39-17-38-25)15-24(31)22(12-19-6-4-3-5-7-19)30(28(32)33)23-16-37-27-21(23)10-11-36-27/h3-9,13,18,21-24,27,31H,10-12,14-17H2,1-2H3,(H,32,33)/t21-,22-,23-,24-,27+/m0/s1. The summed E-state index contributed by atoms with van der Waals surface area (Å²) in [6.45, 7) is 4.23. The molecule has 3 heterocycles. The zero-order valence-electron chi connectivity index (χ0n) is 22.6. The van der Waals surface area contributed by atoms with Crippen LogP contribution in [0.15, 0.2) is 53.4 Å². The van der Waals surface area contributed by atoms with Gasteiger partial charge in [-0.3, -0.25) is 4.90 Å². The van der Waals surface area contributed by atoms with Gasteiger partial charge in [-0.05, 0) is 36.5 Å². The molecule has 3 aliphatic rings. The van der Waals surface area contributed by atoms with Crippen LogP contribution in [0, 0.1) is 11.8 Å². The molecule has 0 bridgehead atoms. The predicted molar refractivity (Wildman–Crippen MR) is 144 cm³/mol. The van der Waals surface area contributed by atoms with E-state index in [1.807, 2.05) is 44.2 Å². The average Bonchev–Trinajstić information content (AvgIpc) is 3.66. The number of benzene rings is 2. The van der Waals surface area contributed by atoms with Gasteiger partial charge in [0.2, 0.25) is 16.8 Å². The number of hydrogen-bond donors (Lipinski definition) is 2. The van der Waals surface area contributed by atoms with E-state index in [1.54, 1.807) is 6.07 Å². The molecule has 0 aliphatic carbocycles. The van der Waals surface area contributed by atoms with Crippen molar-refractivity contribution in [1.29, 1.82) is 0 Å². The fourth-order valence-corrected chi connectivity index (χ4v) is 7.37. The number of aliphatic hydroxyl groups is 1. The minimum atomic E-state index is -4.07. The van der Waals surface area contributed by atoms with Crippen LogP contribution >= 0.6 is 0 Å². The van der Waals surface area contributed by atoms with Crippen LogP contribution in [0.4, 0.5) is 4.79 Å². The van der Waals surface area contributed by atoms with Crippen molar-refractivity contribution < 1.29 is 42.4 Å². The third-order valence-corrected chi connectivity index (χ3v) is 9.44. The molecular weight excluding hydrogens is 540 g/mol. The highest BCUT2D eigenvalue weighted by molar-refractivity contribution is 7.89. The van der Waals surface area contributed by atoms with Crippen LogP contribution in [0.3, 0.4) is 0 Å². The second-order valence-electron chi connectivity index (χ2n) is 10.8. The topological polar surface area (TPSA) is 135 Å². The van der Waals surface area contributed by atoms with Crippen molar-refractivity contribution in [3.05, 3.63) is 54.1 Å². The zero-order valence-corrected chi connectivity index (χ0v) is 23.4. The Bertz CT molecular complexity index is 1290. The van der Waals surface area contributed by atoms with Crippen LogP contribution < -0.4 is 9.47 Å². The number of sulfonamides is 1. The summed E-state index contributed by atoms with van der Waals surface area (Å²) in [5.41, 5.74) is 0.824. The zero-order chi connectivity index (χ0) is 28.4. The Kier molecular flexibility index (Phi) is 8.52. The summed E-state index contributed by atoms with van der Waals surface area (Å²) in [5.74, 6) is 0.576. The monoisotopic (exact) mass is 576 g/mol. The molecule has 1 amide bonds. The van der Waals surface area contributed by atoms with Crippen molar-refractivity contribution in [2.45, 2.75) is 56.1 Å². The Morgan fingerprint density at radius 2 is 1.80 bits per heavy atom. The first-order valence-electron chi connectivity index (χ1n) is 13.5. The van der Waals surface area contributed by atoms with Gasteiger partial charge < -0.3 is 29.2 Å². The maximum atomic E-state index is 13.8. The second kappa shape index (κ2) is 11.9. The Hall–Kier alpha value is -2.90. The van der Waals surface area contributed by atoms with Gasteiger partial charge in [0, 0.05) is 25.1 Å². The van der Waals surface area contributed by atoms with Gasteiger partial charge >= 0.3 is 6.09 Å². The molecule has 40 heavy (non-hydrogen) atoms. The van der Waals surface area contributed by atoms with Crippen molar-refractivity contribution in [2.24, 2.45) is 11.8 Å². The Balaban J connectivity index is 1.46. The predicted octanol–water partition coefficient (Wildman–Crippen LogP) is 2.78. The second-order valence-corrected chi connectivity index (χ2v) is 12.8. The Labute approximate surface area is 234 Å². The van der Waals surface area contributed by atoms with E-state index in [0.29, 0.717) is 24.5 Å². The van der Waals surface area contributed by atoms with E-state index < -0.39 is 40.6 Å². The van der Waals surface area contributed by atoms with Gasteiger partial charge in [0.1, 0.15) is 0 Å². The summed E-state index contributed by atoms with van der Waals surface area (Å²) >= 11 is 0. The van der Waals surface area contributed by atoms with Gasteiger partial charge in [-0.25, -0.2) is 13.2 Å². The van der Waals surface area contributed by atoms with Crippen LogP contribution in [0.1, 0.15) is 25.8 Å². The van der Waals surface area contributed by atoms with Gasteiger partial charge in [-0.2, -0.15) is 4.31 Å². The number of nitrogens with zero attached hydrogens (tertiary/aromatic N) is 2. The molecular formula is C28H36N2O9S. The van der Waals surface area contributed by atoms with Crippen molar-refractivity contribution in [3.8, 4) is 11.5 Å². The minimum Gasteiger partial charge on any atom is -0.465 e. The molecule has 11 nitrogen and oxygen atoms in total. The molecule has 2 fully saturated rings. The molecule has 5 atom stereocenters. The molecule has 0 radical (unpaired) electrons. The van der Waals surface area contributed by atoms with Gasteiger partial charge in [-0.1, -0.05) is 44.2 Å². The van der Waals surface area contributed by atoms with Crippen LogP contribution in [-0.2, 0) is 25.9 Å². The molecule has 5 rings (SSSR count). The lowest BCUT2D eigenvalue weighted by atomic mass is 9.93. The van der Waals surface area contributed by atoms with Gasteiger partial charge in [0.25, 0.3) is 0 Å². The number of carbonyl (C=O) groups is 1. The third-order valence-electron chi connectivity index (χ3n) is 7.62. The van der Waals surface area contributed by atoms with Gasteiger partial charge in [0.05, 0.1) is 36.3 Å². The van der Waals surface area contributed by atoms with Crippen LogP contribution in [0.5, 0.6) is 11.5 Å². The van der Waals surface area contributed by atoms with Crippen molar-refractivity contribution >= 4 is 16.1 Å². The highest BCUT2D eigenvalue weighted by Gasteiger charge is 2.49. The van der Waals surface area contributed by atoms with Crippen molar-refractivity contribution in [2.75, 3.05) is 33.1 Å². The molecule has 3 aliphatic heterocycles. The van der Waals surface area contributed by atoms with E-state index in [1.165, 1.54) is 21.3 Å². The number of amides is 1. The van der Waals surface area contributed by atoms with Crippen molar-refractivity contribution in [1.82, 2.24) is 9.21 Å². The molecule has 2 aromatic rings. The molecule has 0 saturated carbocycles. The average molecular weight is 577 g/mol. The van der Waals surface area contributed by atoms with Gasteiger partial charge in [0.15, 0.2) is 17.8 Å². The highest BCUT2D eigenvalue weighted by atomic mass is 32.2. The lowest BCUT2D eigenvalue weighted by Gasteiger charge is -2.39. The summed E-state index contributed by atoms with van der Waals surface area (Å²) in [6, 6.07) is 12.2. The lowest BCUT2D eigenvalue weighted by molar-refractivity contribution is -0.0906. The highest BCUT2D eigenvalue weighted by Crippen LogP contribution is 2.37. The maximum absolute atomic E-state index is 13.8. The van der Waals surface area contributed by atoms with E-state index in [4.69, 9.17) is 18.9 Å². The number of carboxylic acid groups (broad SMARTS) is 1. The molecule has 2 aromatic carbocycles. The Morgan fingerprint density at radius 1 is 1.05 bits per heavy atom. The van der Waals surface area contributed by atoms with E-state index >= 15 is 0 Å². The number of fused-ring (bicyclic) bond motifs is 2. The SMILES string of the molecule is CC(C)CN(C[C@H](O)[C@H](Cc1ccccc1)N(C(=O)O)[C@H]1CO[C@H]2OCC[C@H]21)S(=O)(=O)c1ccc2c(c1)OCO2. The van der Waals surface area contributed by atoms with Crippen LogP contribution in [-0.4, -0.2) is 91.5 Å². The molecule has 12 heteroatoms. The molecule has 0 aromatic heterocycles. The summed E-state index contributed by atoms with van der Waals surface area (Å²) in [6.07, 6.45) is -2.17. The van der Waals surface area contributed by atoms with Gasteiger partial charge in [-0.15, -0.1) is 0 Å². The molecule has 2 saturated heterocycles. The summed E-state index contributed by atoms with van der Waals surface area (Å²) in [7, 11) is -4.07. The number of rotatable bonds is 11. The number of hydrogen-bond acceptors (Lipinski definition) is 8. The largest absolute Gasteiger partial charge is 0.465 e. The Morgan fingerprint density at radius 3 is 2.52 bits per heavy atom. The maximum Gasteiger partial charge on any atom is 0.407 e. The van der Waals surface area contributed by atoms with E-state index in [9.17, 15) is 23.4 Å². The molecule has 218 valence electrons. The quantitative estimate of drug-likeness (QED) is 0.414. The molecule has 2 N–H and O–H groups in total. The smallest absolute Gasteiger partial charge is 0.407 e. The fourth-order valence-electron chi connectivity index (χ4n) is 5.73. The normalized spacial score (nSPS) is 23.4. The number of ether oxygens (including phenoxy) is 4. The van der Waals surface area contributed by atoms with Crippen molar-refractivity contribution in [3.63, 3.8) is 0 Å².